The Labute approximate surface area is 200 Å². The molecule has 162 valence electrons. The lowest BCUT2D eigenvalue weighted by Crippen LogP contribution is -2.33. The highest BCUT2D eigenvalue weighted by atomic mass is 79.9. The Bertz CT molecular complexity index is 1240. The second kappa shape index (κ2) is 8.74. The number of ketones is 1. The van der Waals surface area contributed by atoms with E-state index in [1.54, 1.807) is 6.08 Å². The van der Waals surface area contributed by atoms with E-state index in [1.165, 1.54) is 5.56 Å². The molecule has 0 fully saturated rings. The van der Waals surface area contributed by atoms with E-state index in [0.717, 1.165) is 44.9 Å². The molecule has 2 aliphatic heterocycles. The van der Waals surface area contributed by atoms with Crippen molar-refractivity contribution in [3.63, 3.8) is 0 Å². The van der Waals surface area contributed by atoms with Gasteiger partial charge in [-0.25, -0.2) is 0 Å². The lowest BCUT2D eigenvalue weighted by Gasteiger charge is -2.30. The molecule has 3 aromatic carbocycles. The monoisotopic (exact) mass is 509 g/mol. The summed E-state index contributed by atoms with van der Waals surface area (Å²) in [5.41, 5.74) is 4.55. The first-order chi connectivity index (χ1) is 15.5. The molecule has 2 heterocycles. The maximum Gasteiger partial charge on any atom is 0.232 e. The largest absolute Gasteiger partial charge is 0.478 e. The van der Waals surface area contributed by atoms with Crippen molar-refractivity contribution in [3.8, 4) is 11.5 Å². The average Bonchev–Trinajstić information content (AvgIpc) is 3.12. The van der Waals surface area contributed by atoms with Crippen LogP contribution in [0.25, 0.3) is 6.08 Å². The van der Waals surface area contributed by atoms with Crippen LogP contribution in [0.2, 0.25) is 5.02 Å². The zero-order chi connectivity index (χ0) is 22.2. The second-order valence-electron chi connectivity index (χ2n) is 8.04. The first-order valence-corrected chi connectivity index (χ1v) is 11.6. The van der Waals surface area contributed by atoms with Crippen molar-refractivity contribution in [1.82, 2.24) is 4.90 Å². The summed E-state index contributed by atoms with van der Waals surface area (Å²) in [6.07, 6.45) is 2.68. The predicted molar refractivity (Wildman–Crippen MR) is 129 cm³/mol. The summed E-state index contributed by atoms with van der Waals surface area (Å²) in [5.74, 6) is 1.66. The molecule has 0 N–H and O–H groups in total. The Kier molecular flexibility index (Phi) is 5.80. The molecule has 3 aromatic rings. The van der Waals surface area contributed by atoms with Gasteiger partial charge in [-0.3, -0.25) is 9.69 Å². The van der Waals surface area contributed by atoms with E-state index in [9.17, 15) is 4.79 Å². The average molecular weight is 511 g/mol. The highest BCUT2D eigenvalue weighted by molar-refractivity contribution is 9.10. The molecule has 32 heavy (non-hydrogen) atoms. The fourth-order valence-electron chi connectivity index (χ4n) is 4.09. The SMILES string of the molecule is Cc1cc2c(c3c1C(=O)/C(=C\c1ccccc1Br)O3)CN(CCc1ccc(Cl)cc1)CO2. The third-order valence-electron chi connectivity index (χ3n) is 5.81. The van der Waals surface area contributed by atoms with Gasteiger partial charge in [0.2, 0.25) is 5.78 Å². The van der Waals surface area contributed by atoms with Gasteiger partial charge >= 0.3 is 0 Å². The van der Waals surface area contributed by atoms with Crippen molar-refractivity contribution in [2.45, 2.75) is 19.9 Å². The number of benzene rings is 3. The number of carbonyl (C=O) groups is 1. The van der Waals surface area contributed by atoms with Crippen molar-refractivity contribution in [1.29, 1.82) is 0 Å². The minimum absolute atomic E-state index is 0.0886. The Hall–Kier alpha value is -2.60. The fourth-order valence-corrected chi connectivity index (χ4v) is 4.62. The molecular weight excluding hydrogens is 490 g/mol. The smallest absolute Gasteiger partial charge is 0.232 e. The first-order valence-electron chi connectivity index (χ1n) is 10.4. The summed E-state index contributed by atoms with van der Waals surface area (Å²) in [4.78, 5) is 15.4. The number of hydrogen-bond donors (Lipinski definition) is 0. The lowest BCUT2D eigenvalue weighted by molar-refractivity contribution is 0.0949. The standard InChI is InChI=1S/C26H21BrClNO3/c1-16-12-22-20(14-29(15-31-22)11-10-17-6-8-19(28)9-7-17)26-24(16)25(30)23(32-26)13-18-4-2-3-5-21(18)27/h2-9,12-13H,10-11,14-15H2,1H3/b23-13+. The molecule has 0 saturated heterocycles. The van der Waals surface area contributed by atoms with Gasteiger partial charge in [-0.1, -0.05) is 57.9 Å². The van der Waals surface area contributed by atoms with E-state index in [0.29, 0.717) is 30.3 Å². The van der Waals surface area contributed by atoms with Gasteiger partial charge in [0.05, 0.1) is 11.1 Å². The van der Waals surface area contributed by atoms with Crippen molar-refractivity contribution in [2.75, 3.05) is 13.3 Å². The Morgan fingerprint density at radius 2 is 1.94 bits per heavy atom. The number of carbonyl (C=O) groups excluding carboxylic acids is 1. The molecular formula is C26H21BrClNO3. The van der Waals surface area contributed by atoms with Crippen LogP contribution < -0.4 is 9.47 Å². The van der Waals surface area contributed by atoms with E-state index in [2.05, 4.69) is 20.8 Å². The van der Waals surface area contributed by atoms with Crippen LogP contribution in [-0.4, -0.2) is 24.0 Å². The maximum atomic E-state index is 13.2. The van der Waals surface area contributed by atoms with Crippen LogP contribution in [0.4, 0.5) is 0 Å². The first kappa shape index (κ1) is 21.3. The maximum absolute atomic E-state index is 13.2. The van der Waals surface area contributed by atoms with Gasteiger partial charge in [0, 0.05) is 22.6 Å². The number of fused-ring (bicyclic) bond motifs is 3. The predicted octanol–water partition coefficient (Wildman–Crippen LogP) is 6.42. The van der Waals surface area contributed by atoms with Crippen molar-refractivity contribution >= 4 is 39.4 Å². The minimum atomic E-state index is -0.0886. The Balaban J connectivity index is 1.40. The number of ether oxygens (including phenoxy) is 2. The van der Waals surface area contributed by atoms with E-state index < -0.39 is 0 Å². The zero-order valence-corrected chi connectivity index (χ0v) is 19.9. The molecule has 0 aromatic heterocycles. The van der Waals surface area contributed by atoms with E-state index in [-0.39, 0.29) is 5.78 Å². The molecule has 0 spiro atoms. The highest BCUT2D eigenvalue weighted by Crippen LogP contribution is 2.44. The minimum Gasteiger partial charge on any atom is -0.478 e. The lowest BCUT2D eigenvalue weighted by atomic mass is 9.98. The van der Waals surface area contributed by atoms with Gasteiger partial charge in [0.1, 0.15) is 18.2 Å². The topological polar surface area (TPSA) is 38.8 Å². The molecule has 0 aliphatic carbocycles. The van der Waals surface area contributed by atoms with Crippen LogP contribution in [0.1, 0.15) is 32.6 Å². The number of aryl methyl sites for hydroxylation is 1. The highest BCUT2D eigenvalue weighted by Gasteiger charge is 2.35. The number of hydrogen-bond acceptors (Lipinski definition) is 4. The van der Waals surface area contributed by atoms with Gasteiger partial charge in [-0.05, 0) is 60.4 Å². The van der Waals surface area contributed by atoms with Crippen molar-refractivity contribution in [2.24, 2.45) is 0 Å². The molecule has 2 aliphatic rings. The number of allylic oxidation sites excluding steroid dienone is 1. The molecule has 5 rings (SSSR count). The third kappa shape index (κ3) is 4.08. The van der Waals surface area contributed by atoms with E-state index >= 15 is 0 Å². The number of halogens is 2. The molecule has 0 atom stereocenters. The van der Waals surface area contributed by atoms with Crippen molar-refractivity contribution in [3.05, 3.63) is 97.7 Å². The van der Waals surface area contributed by atoms with Crippen LogP contribution in [-0.2, 0) is 13.0 Å². The van der Waals surface area contributed by atoms with Crippen LogP contribution in [0.5, 0.6) is 11.5 Å². The van der Waals surface area contributed by atoms with Crippen molar-refractivity contribution < 1.29 is 14.3 Å². The molecule has 6 heteroatoms. The summed E-state index contributed by atoms with van der Waals surface area (Å²) in [6, 6.07) is 17.6. The van der Waals surface area contributed by atoms with Gasteiger partial charge < -0.3 is 9.47 Å². The van der Waals surface area contributed by atoms with Gasteiger partial charge in [0.25, 0.3) is 0 Å². The van der Waals surface area contributed by atoms with Crippen LogP contribution in [0.3, 0.4) is 0 Å². The Morgan fingerprint density at radius 3 is 2.72 bits per heavy atom. The summed E-state index contributed by atoms with van der Waals surface area (Å²) in [5, 5.41) is 0.739. The molecule has 0 amide bonds. The molecule has 0 bridgehead atoms. The summed E-state index contributed by atoms with van der Waals surface area (Å²) < 4.78 is 13.1. The normalized spacial score (nSPS) is 16.5. The quantitative estimate of drug-likeness (QED) is 0.380. The van der Waals surface area contributed by atoms with Gasteiger partial charge in [0.15, 0.2) is 5.76 Å². The number of Topliss-reactive ketones (excluding diaryl/α,β-unsaturated/α-hetero) is 1. The van der Waals surface area contributed by atoms with Gasteiger partial charge in [-0.15, -0.1) is 0 Å². The van der Waals surface area contributed by atoms with Crippen LogP contribution in [0.15, 0.2) is 64.8 Å². The molecule has 0 unspecified atom stereocenters. The fraction of sp³-hybridized carbons (Fsp3) is 0.192. The van der Waals surface area contributed by atoms with Crippen LogP contribution in [0, 0.1) is 6.92 Å². The van der Waals surface area contributed by atoms with E-state index in [1.807, 2.05) is 61.5 Å². The van der Waals surface area contributed by atoms with Gasteiger partial charge in [-0.2, -0.15) is 0 Å². The summed E-state index contributed by atoms with van der Waals surface area (Å²) in [6.45, 7) is 3.93. The second-order valence-corrected chi connectivity index (χ2v) is 9.33. The van der Waals surface area contributed by atoms with Crippen LogP contribution >= 0.6 is 27.5 Å². The Morgan fingerprint density at radius 1 is 1.16 bits per heavy atom. The summed E-state index contributed by atoms with van der Waals surface area (Å²) in [7, 11) is 0. The number of rotatable bonds is 4. The number of nitrogens with zero attached hydrogens (tertiary/aromatic N) is 1. The third-order valence-corrected chi connectivity index (χ3v) is 6.78. The molecule has 4 nitrogen and oxygen atoms in total. The molecule has 0 radical (unpaired) electrons. The summed E-state index contributed by atoms with van der Waals surface area (Å²) >= 11 is 9.52. The zero-order valence-electron chi connectivity index (χ0n) is 17.5. The van der Waals surface area contributed by atoms with E-state index in [4.69, 9.17) is 21.1 Å². The molecule has 0 saturated carbocycles.